The topological polar surface area (TPSA) is 3.24 Å². The summed E-state index contributed by atoms with van der Waals surface area (Å²) in [4.78, 5) is 2.21. The number of nitrogens with zero attached hydrogens (tertiary/aromatic N) is 1. The Labute approximate surface area is 76.5 Å². The van der Waals surface area contributed by atoms with Crippen molar-refractivity contribution in [2.24, 2.45) is 5.92 Å². The molecule has 0 atom stereocenters. The molecule has 1 heteroatoms. The standard InChI is InChI=1S/C11H21N/c1-12(2)10-6-9-11-7-4-3-5-8-11/h6,9,11H,3-5,7-8,10H2,1-2H3/b9-6+. The van der Waals surface area contributed by atoms with Crippen LogP contribution in [0.5, 0.6) is 0 Å². The van der Waals surface area contributed by atoms with Crippen molar-refractivity contribution >= 4 is 0 Å². The van der Waals surface area contributed by atoms with Crippen LogP contribution in [-0.4, -0.2) is 25.5 Å². The lowest BCUT2D eigenvalue weighted by atomic mass is 9.89. The summed E-state index contributed by atoms with van der Waals surface area (Å²) in [6.45, 7) is 1.09. The Hall–Kier alpha value is -0.300. The SMILES string of the molecule is CN(C)C/C=C/C1CCCCC1. The zero-order valence-corrected chi connectivity index (χ0v) is 8.42. The zero-order valence-electron chi connectivity index (χ0n) is 8.42. The van der Waals surface area contributed by atoms with Gasteiger partial charge in [-0.1, -0.05) is 31.4 Å². The molecule has 1 saturated carbocycles. The van der Waals surface area contributed by atoms with Gasteiger partial charge in [0, 0.05) is 6.54 Å². The maximum atomic E-state index is 2.42. The molecule has 0 radical (unpaired) electrons. The molecule has 0 saturated heterocycles. The molecule has 1 rings (SSSR count). The Balaban J connectivity index is 2.15. The molecule has 0 aromatic rings. The van der Waals surface area contributed by atoms with E-state index in [9.17, 15) is 0 Å². The first kappa shape index (κ1) is 9.79. The van der Waals surface area contributed by atoms with Crippen LogP contribution in [0.3, 0.4) is 0 Å². The first-order valence-corrected chi connectivity index (χ1v) is 5.10. The second-order valence-corrected chi connectivity index (χ2v) is 4.09. The zero-order chi connectivity index (χ0) is 8.81. The van der Waals surface area contributed by atoms with Crippen molar-refractivity contribution in [1.29, 1.82) is 0 Å². The summed E-state index contributed by atoms with van der Waals surface area (Å²) in [6, 6.07) is 0. The van der Waals surface area contributed by atoms with Gasteiger partial charge in [0.05, 0.1) is 0 Å². The monoisotopic (exact) mass is 167 g/mol. The molecule has 0 N–H and O–H groups in total. The van der Waals surface area contributed by atoms with Crippen molar-refractivity contribution < 1.29 is 0 Å². The quantitative estimate of drug-likeness (QED) is 0.584. The fourth-order valence-electron chi connectivity index (χ4n) is 1.79. The van der Waals surface area contributed by atoms with Crippen LogP contribution >= 0.6 is 0 Å². The van der Waals surface area contributed by atoms with E-state index >= 15 is 0 Å². The minimum absolute atomic E-state index is 0.888. The molecular weight excluding hydrogens is 146 g/mol. The van der Waals surface area contributed by atoms with Crippen LogP contribution < -0.4 is 0 Å². The molecule has 1 aliphatic carbocycles. The third-order valence-corrected chi connectivity index (χ3v) is 2.53. The Kier molecular flexibility index (Phi) is 4.37. The van der Waals surface area contributed by atoms with Gasteiger partial charge in [-0.15, -0.1) is 0 Å². The highest BCUT2D eigenvalue weighted by Crippen LogP contribution is 2.24. The fraction of sp³-hybridized carbons (Fsp3) is 0.818. The van der Waals surface area contributed by atoms with Crippen LogP contribution in [0.2, 0.25) is 0 Å². The van der Waals surface area contributed by atoms with E-state index in [0.717, 1.165) is 12.5 Å². The molecule has 0 unspecified atom stereocenters. The summed E-state index contributed by atoms with van der Waals surface area (Å²) in [5.41, 5.74) is 0. The second-order valence-electron chi connectivity index (χ2n) is 4.09. The van der Waals surface area contributed by atoms with Gasteiger partial charge in [-0.05, 0) is 32.9 Å². The van der Waals surface area contributed by atoms with Gasteiger partial charge in [0.25, 0.3) is 0 Å². The lowest BCUT2D eigenvalue weighted by Gasteiger charge is -2.18. The minimum atomic E-state index is 0.888. The third-order valence-electron chi connectivity index (χ3n) is 2.53. The highest BCUT2D eigenvalue weighted by atomic mass is 15.0. The summed E-state index contributed by atoms with van der Waals surface area (Å²) in [5.74, 6) is 0.888. The van der Waals surface area contributed by atoms with Crippen LogP contribution in [0.1, 0.15) is 32.1 Å². The number of rotatable bonds is 3. The normalized spacial score (nSPS) is 20.9. The molecule has 1 nitrogen and oxygen atoms in total. The van der Waals surface area contributed by atoms with E-state index in [1.165, 1.54) is 32.1 Å². The van der Waals surface area contributed by atoms with Crippen LogP contribution in [-0.2, 0) is 0 Å². The van der Waals surface area contributed by atoms with Crippen molar-refractivity contribution in [3.8, 4) is 0 Å². The number of hydrogen-bond acceptors (Lipinski definition) is 1. The third kappa shape index (κ3) is 3.91. The molecular formula is C11H21N. The molecule has 0 aromatic carbocycles. The van der Waals surface area contributed by atoms with Crippen LogP contribution in [0.15, 0.2) is 12.2 Å². The van der Waals surface area contributed by atoms with Gasteiger partial charge in [-0.3, -0.25) is 0 Å². The molecule has 0 heterocycles. The van der Waals surface area contributed by atoms with Crippen molar-refractivity contribution in [3.05, 3.63) is 12.2 Å². The van der Waals surface area contributed by atoms with Crippen LogP contribution in [0, 0.1) is 5.92 Å². The number of likely N-dealkylation sites (N-methyl/N-ethyl adjacent to an activating group) is 1. The van der Waals surface area contributed by atoms with Gasteiger partial charge >= 0.3 is 0 Å². The minimum Gasteiger partial charge on any atom is -0.306 e. The molecule has 0 aromatic heterocycles. The summed E-state index contributed by atoms with van der Waals surface area (Å²) in [5, 5.41) is 0. The number of hydrogen-bond donors (Lipinski definition) is 0. The first-order chi connectivity index (χ1) is 5.79. The van der Waals surface area contributed by atoms with E-state index in [-0.39, 0.29) is 0 Å². The summed E-state index contributed by atoms with van der Waals surface area (Å²) >= 11 is 0. The Morgan fingerprint density at radius 1 is 1.17 bits per heavy atom. The summed E-state index contributed by atoms with van der Waals surface area (Å²) in [6.07, 6.45) is 11.9. The maximum Gasteiger partial charge on any atom is 0.0157 e. The van der Waals surface area contributed by atoms with Crippen LogP contribution in [0.4, 0.5) is 0 Å². The van der Waals surface area contributed by atoms with E-state index in [4.69, 9.17) is 0 Å². The smallest absolute Gasteiger partial charge is 0.0157 e. The largest absolute Gasteiger partial charge is 0.306 e. The summed E-state index contributed by atoms with van der Waals surface area (Å²) in [7, 11) is 4.23. The lowest BCUT2D eigenvalue weighted by molar-refractivity contribution is 0.414. The molecule has 12 heavy (non-hydrogen) atoms. The van der Waals surface area contributed by atoms with Gasteiger partial charge in [0.2, 0.25) is 0 Å². The van der Waals surface area contributed by atoms with Gasteiger partial charge < -0.3 is 4.90 Å². The van der Waals surface area contributed by atoms with Crippen molar-refractivity contribution in [3.63, 3.8) is 0 Å². The Morgan fingerprint density at radius 3 is 2.42 bits per heavy atom. The van der Waals surface area contributed by atoms with Crippen LogP contribution in [0.25, 0.3) is 0 Å². The highest BCUT2D eigenvalue weighted by molar-refractivity contribution is 4.90. The molecule has 0 aliphatic heterocycles. The molecule has 70 valence electrons. The van der Waals surface area contributed by atoms with E-state index in [1.807, 2.05) is 0 Å². The van der Waals surface area contributed by atoms with E-state index in [0.29, 0.717) is 0 Å². The van der Waals surface area contributed by atoms with Crippen molar-refractivity contribution in [2.45, 2.75) is 32.1 Å². The fourth-order valence-corrected chi connectivity index (χ4v) is 1.79. The van der Waals surface area contributed by atoms with Gasteiger partial charge in [0.1, 0.15) is 0 Å². The average Bonchev–Trinajstić information content (AvgIpc) is 2.05. The number of allylic oxidation sites excluding steroid dienone is 1. The maximum absolute atomic E-state index is 2.42. The van der Waals surface area contributed by atoms with E-state index in [1.54, 1.807) is 0 Å². The Morgan fingerprint density at radius 2 is 1.83 bits per heavy atom. The first-order valence-electron chi connectivity index (χ1n) is 5.10. The molecule has 1 fully saturated rings. The molecule has 0 bridgehead atoms. The van der Waals surface area contributed by atoms with Crippen molar-refractivity contribution in [2.75, 3.05) is 20.6 Å². The van der Waals surface area contributed by atoms with Gasteiger partial charge in [-0.25, -0.2) is 0 Å². The molecule has 0 amide bonds. The Bertz CT molecular complexity index is 132. The summed E-state index contributed by atoms with van der Waals surface area (Å²) < 4.78 is 0. The molecule has 0 spiro atoms. The van der Waals surface area contributed by atoms with E-state index in [2.05, 4.69) is 31.1 Å². The van der Waals surface area contributed by atoms with Gasteiger partial charge in [0.15, 0.2) is 0 Å². The highest BCUT2D eigenvalue weighted by Gasteiger charge is 2.09. The predicted octanol–water partition coefficient (Wildman–Crippen LogP) is 2.68. The average molecular weight is 167 g/mol. The van der Waals surface area contributed by atoms with E-state index < -0.39 is 0 Å². The molecule has 1 aliphatic rings. The van der Waals surface area contributed by atoms with Crippen molar-refractivity contribution in [1.82, 2.24) is 4.90 Å². The lowest BCUT2D eigenvalue weighted by Crippen LogP contribution is -2.11. The second kappa shape index (κ2) is 5.36. The van der Waals surface area contributed by atoms with Gasteiger partial charge in [-0.2, -0.15) is 0 Å². The predicted molar refractivity (Wildman–Crippen MR) is 54.3 cm³/mol.